The van der Waals surface area contributed by atoms with E-state index in [-0.39, 0.29) is 5.56 Å². The zero-order valence-corrected chi connectivity index (χ0v) is 8.61. The molecule has 0 saturated heterocycles. The molecule has 5 heteroatoms. The Kier molecular flexibility index (Phi) is 3.60. The lowest BCUT2D eigenvalue weighted by atomic mass is 9.94. The Labute approximate surface area is 91.3 Å². The second kappa shape index (κ2) is 4.74. The van der Waals surface area contributed by atoms with Gasteiger partial charge in [-0.15, -0.1) is 0 Å². The molecule has 0 saturated carbocycles. The average molecular weight is 226 g/mol. The molecule has 86 valence electrons. The number of hydrogen-bond acceptors (Lipinski definition) is 2. The fourth-order valence-electron chi connectivity index (χ4n) is 1.44. The van der Waals surface area contributed by atoms with Gasteiger partial charge in [-0.25, -0.2) is 4.39 Å². The van der Waals surface area contributed by atoms with Crippen LogP contribution in [0.2, 0.25) is 0 Å². The Morgan fingerprint density at radius 2 is 2.00 bits per heavy atom. The Morgan fingerprint density at radius 3 is 2.50 bits per heavy atom. The van der Waals surface area contributed by atoms with Crippen LogP contribution in [0.5, 0.6) is 0 Å². The predicted molar refractivity (Wildman–Crippen MR) is 53.8 cm³/mol. The Bertz CT molecular complexity index is 428. The van der Waals surface area contributed by atoms with Crippen molar-refractivity contribution in [2.45, 2.75) is 19.3 Å². The molecule has 1 aromatic rings. The van der Waals surface area contributed by atoms with E-state index in [4.69, 9.17) is 10.2 Å². The SMILES string of the molecule is Cc1cccc(C(CC(=O)O)C(=O)O)c1F. The minimum absolute atomic E-state index is 0.0881. The van der Waals surface area contributed by atoms with E-state index in [0.717, 1.165) is 0 Å². The highest BCUT2D eigenvalue weighted by Gasteiger charge is 2.26. The third-order valence-electron chi connectivity index (χ3n) is 2.27. The largest absolute Gasteiger partial charge is 0.481 e. The first-order chi connectivity index (χ1) is 7.43. The van der Waals surface area contributed by atoms with E-state index < -0.39 is 30.1 Å². The van der Waals surface area contributed by atoms with E-state index >= 15 is 0 Å². The number of carboxylic acid groups (broad SMARTS) is 2. The third-order valence-corrected chi connectivity index (χ3v) is 2.27. The van der Waals surface area contributed by atoms with Gasteiger partial charge in [-0.3, -0.25) is 9.59 Å². The first-order valence-electron chi connectivity index (χ1n) is 4.63. The predicted octanol–water partition coefficient (Wildman–Crippen LogP) is 1.78. The van der Waals surface area contributed by atoms with E-state index in [9.17, 15) is 14.0 Å². The van der Waals surface area contributed by atoms with Crippen LogP contribution in [0.1, 0.15) is 23.5 Å². The summed E-state index contributed by atoms with van der Waals surface area (Å²) in [5.41, 5.74) is 0.212. The number of rotatable bonds is 4. The Balaban J connectivity index is 3.16. The number of aliphatic carboxylic acids is 2. The smallest absolute Gasteiger partial charge is 0.311 e. The molecule has 0 heterocycles. The fourth-order valence-corrected chi connectivity index (χ4v) is 1.44. The molecule has 0 bridgehead atoms. The zero-order valence-electron chi connectivity index (χ0n) is 8.61. The summed E-state index contributed by atoms with van der Waals surface area (Å²) in [4.78, 5) is 21.4. The maximum Gasteiger partial charge on any atom is 0.311 e. The third kappa shape index (κ3) is 2.56. The van der Waals surface area contributed by atoms with Gasteiger partial charge in [0.1, 0.15) is 5.82 Å². The van der Waals surface area contributed by atoms with Crippen molar-refractivity contribution in [3.05, 3.63) is 35.1 Å². The monoisotopic (exact) mass is 226 g/mol. The first kappa shape index (κ1) is 12.2. The van der Waals surface area contributed by atoms with Crippen molar-refractivity contribution < 1.29 is 24.2 Å². The number of benzene rings is 1. The number of halogens is 1. The number of carboxylic acids is 2. The van der Waals surface area contributed by atoms with Crippen molar-refractivity contribution in [1.29, 1.82) is 0 Å². The highest BCUT2D eigenvalue weighted by atomic mass is 19.1. The average Bonchev–Trinajstić information content (AvgIpc) is 2.18. The highest BCUT2D eigenvalue weighted by molar-refractivity contribution is 5.82. The van der Waals surface area contributed by atoms with Crippen molar-refractivity contribution in [2.75, 3.05) is 0 Å². The summed E-state index contributed by atoms with van der Waals surface area (Å²) < 4.78 is 13.6. The summed E-state index contributed by atoms with van der Waals surface area (Å²) in [7, 11) is 0. The molecule has 0 aliphatic heterocycles. The van der Waals surface area contributed by atoms with Crippen LogP contribution in [0.3, 0.4) is 0 Å². The fraction of sp³-hybridized carbons (Fsp3) is 0.273. The van der Waals surface area contributed by atoms with E-state index in [0.29, 0.717) is 5.56 Å². The molecular formula is C11H11FO4. The molecule has 0 aliphatic carbocycles. The van der Waals surface area contributed by atoms with Crippen molar-refractivity contribution in [1.82, 2.24) is 0 Å². The molecule has 16 heavy (non-hydrogen) atoms. The quantitative estimate of drug-likeness (QED) is 0.820. The second-order valence-electron chi connectivity index (χ2n) is 3.47. The van der Waals surface area contributed by atoms with Crippen molar-refractivity contribution in [3.63, 3.8) is 0 Å². The molecule has 0 aromatic heterocycles. The maximum absolute atomic E-state index is 13.6. The van der Waals surface area contributed by atoms with Gasteiger partial charge >= 0.3 is 11.9 Å². The van der Waals surface area contributed by atoms with E-state index in [1.54, 1.807) is 0 Å². The molecule has 1 atom stereocenters. The van der Waals surface area contributed by atoms with Crippen molar-refractivity contribution >= 4 is 11.9 Å². The van der Waals surface area contributed by atoms with Gasteiger partial charge in [0.25, 0.3) is 0 Å². The lowest BCUT2D eigenvalue weighted by Crippen LogP contribution is -2.17. The van der Waals surface area contributed by atoms with Crippen LogP contribution in [0.25, 0.3) is 0 Å². The summed E-state index contributed by atoms with van der Waals surface area (Å²) in [5, 5.41) is 17.4. The number of aryl methyl sites for hydroxylation is 1. The zero-order chi connectivity index (χ0) is 12.3. The van der Waals surface area contributed by atoms with Crippen molar-refractivity contribution in [2.24, 2.45) is 0 Å². The van der Waals surface area contributed by atoms with Crippen molar-refractivity contribution in [3.8, 4) is 0 Å². The van der Waals surface area contributed by atoms with Gasteiger partial charge in [0, 0.05) is 5.56 Å². The molecule has 0 fully saturated rings. The molecular weight excluding hydrogens is 215 g/mol. The van der Waals surface area contributed by atoms with Gasteiger partial charge in [-0.1, -0.05) is 18.2 Å². The molecule has 0 radical (unpaired) electrons. The number of hydrogen-bond donors (Lipinski definition) is 2. The van der Waals surface area contributed by atoms with Crippen LogP contribution >= 0.6 is 0 Å². The Hall–Kier alpha value is -1.91. The topological polar surface area (TPSA) is 74.6 Å². The van der Waals surface area contributed by atoms with Crippen LogP contribution in [-0.2, 0) is 9.59 Å². The second-order valence-corrected chi connectivity index (χ2v) is 3.47. The molecule has 1 aromatic carbocycles. The summed E-state index contributed by atoms with van der Waals surface area (Å²) in [6, 6.07) is 4.30. The first-order valence-corrected chi connectivity index (χ1v) is 4.63. The van der Waals surface area contributed by atoms with Crippen LogP contribution in [0.4, 0.5) is 4.39 Å². The summed E-state index contributed by atoms with van der Waals surface area (Å²) in [6.45, 7) is 1.50. The van der Waals surface area contributed by atoms with Crippen LogP contribution in [-0.4, -0.2) is 22.2 Å². The normalized spacial score (nSPS) is 12.1. The van der Waals surface area contributed by atoms with Gasteiger partial charge in [0.2, 0.25) is 0 Å². The minimum Gasteiger partial charge on any atom is -0.481 e. The molecule has 1 unspecified atom stereocenters. The van der Waals surface area contributed by atoms with Gasteiger partial charge in [-0.2, -0.15) is 0 Å². The lowest BCUT2D eigenvalue weighted by molar-refractivity contribution is -0.145. The molecule has 1 rings (SSSR count). The molecule has 0 spiro atoms. The standard InChI is InChI=1S/C11H11FO4/c1-6-3-2-4-7(10(6)12)8(11(15)16)5-9(13)14/h2-4,8H,5H2,1H3,(H,13,14)(H,15,16). The van der Waals surface area contributed by atoms with Crippen LogP contribution in [0.15, 0.2) is 18.2 Å². The molecule has 4 nitrogen and oxygen atoms in total. The van der Waals surface area contributed by atoms with E-state index in [2.05, 4.69) is 0 Å². The van der Waals surface area contributed by atoms with Gasteiger partial charge in [0.05, 0.1) is 12.3 Å². The summed E-state index contributed by atoms with van der Waals surface area (Å²) >= 11 is 0. The molecule has 0 amide bonds. The van der Waals surface area contributed by atoms with Gasteiger partial charge in [0.15, 0.2) is 0 Å². The maximum atomic E-state index is 13.6. The molecule has 2 N–H and O–H groups in total. The van der Waals surface area contributed by atoms with E-state index in [1.807, 2.05) is 0 Å². The molecule has 0 aliphatic rings. The van der Waals surface area contributed by atoms with Crippen LogP contribution < -0.4 is 0 Å². The lowest BCUT2D eigenvalue weighted by Gasteiger charge is -2.12. The minimum atomic E-state index is -1.35. The Morgan fingerprint density at radius 1 is 1.38 bits per heavy atom. The summed E-state index contributed by atoms with van der Waals surface area (Å²) in [5.74, 6) is -4.62. The highest BCUT2D eigenvalue weighted by Crippen LogP contribution is 2.24. The summed E-state index contributed by atoms with van der Waals surface area (Å²) in [6.07, 6.45) is -0.629. The van der Waals surface area contributed by atoms with Gasteiger partial charge in [-0.05, 0) is 12.5 Å². The van der Waals surface area contributed by atoms with E-state index in [1.165, 1.54) is 25.1 Å². The number of carbonyl (C=O) groups is 2. The van der Waals surface area contributed by atoms with Crippen LogP contribution in [0, 0.1) is 12.7 Å². The van der Waals surface area contributed by atoms with Gasteiger partial charge < -0.3 is 10.2 Å².